The number of carbonyl (C=O) groups excluding carboxylic acids is 3. The number of benzene rings is 2. The van der Waals surface area contributed by atoms with E-state index in [2.05, 4.69) is 10.9 Å². The van der Waals surface area contributed by atoms with Gasteiger partial charge in [-0.3, -0.25) is 25.2 Å². The van der Waals surface area contributed by atoms with Gasteiger partial charge in [-0.25, -0.2) is 0 Å². The lowest BCUT2D eigenvalue weighted by Gasteiger charge is -2.20. The number of amides is 3. The first-order chi connectivity index (χ1) is 13.5. The van der Waals surface area contributed by atoms with E-state index in [1.807, 2.05) is 19.1 Å². The van der Waals surface area contributed by atoms with Crippen LogP contribution in [0.5, 0.6) is 5.75 Å². The summed E-state index contributed by atoms with van der Waals surface area (Å²) in [7, 11) is 0. The normalized spacial score (nSPS) is 16.0. The molecule has 1 saturated heterocycles. The minimum atomic E-state index is -0.582. The second kappa shape index (κ2) is 8.75. The third-order valence-electron chi connectivity index (χ3n) is 4.34. The maximum absolute atomic E-state index is 12.4. The molecule has 2 aromatic carbocycles. The number of carbonyl (C=O) groups is 3. The number of nitrogens with zero attached hydrogens (tertiary/aromatic N) is 1. The predicted molar refractivity (Wildman–Crippen MR) is 105 cm³/mol. The first-order valence-electron chi connectivity index (χ1n) is 8.87. The third kappa shape index (κ3) is 4.43. The minimum Gasteiger partial charge on any atom is -0.492 e. The molecule has 3 rings (SSSR count). The Morgan fingerprint density at radius 2 is 1.96 bits per heavy atom. The standard InChI is InChI=1S/C20H20ClN3O4/c1-2-28-17-9-4-3-8-16(17)24-12-14(11-18(24)25)20(27)23-22-19(26)13-6-5-7-15(21)10-13/h3-10,14H,2,11-12H2,1H3,(H,22,26)(H,23,27)/t14-/m1/s1. The summed E-state index contributed by atoms with van der Waals surface area (Å²) in [5.41, 5.74) is 5.69. The predicted octanol–water partition coefficient (Wildman–Crippen LogP) is 2.55. The average Bonchev–Trinajstić information content (AvgIpc) is 3.08. The van der Waals surface area contributed by atoms with Crippen LogP contribution < -0.4 is 20.5 Å². The van der Waals surface area contributed by atoms with Crippen LogP contribution in [0.25, 0.3) is 0 Å². The summed E-state index contributed by atoms with van der Waals surface area (Å²) in [6.45, 7) is 2.54. The third-order valence-corrected chi connectivity index (χ3v) is 4.57. The number of anilines is 1. The Bertz CT molecular complexity index is 903. The van der Waals surface area contributed by atoms with Crippen molar-refractivity contribution in [1.29, 1.82) is 0 Å². The van der Waals surface area contributed by atoms with Crippen LogP contribution in [0.1, 0.15) is 23.7 Å². The summed E-state index contributed by atoms with van der Waals surface area (Å²) in [5.74, 6) is -1.08. The molecule has 1 heterocycles. The quantitative estimate of drug-likeness (QED) is 0.754. The topological polar surface area (TPSA) is 87.7 Å². The highest BCUT2D eigenvalue weighted by atomic mass is 35.5. The van der Waals surface area contributed by atoms with Gasteiger partial charge in [0.2, 0.25) is 11.8 Å². The lowest BCUT2D eigenvalue weighted by atomic mass is 10.1. The number of ether oxygens (including phenoxy) is 1. The molecular formula is C20H20ClN3O4. The number of nitrogens with one attached hydrogen (secondary N) is 2. The van der Waals surface area contributed by atoms with Gasteiger partial charge in [0, 0.05) is 23.6 Å². The summed E-state index contributed by atoms with van der Waals surface area (Å²) >= 11 is 5.86. The molecule has 0 radical (unpaired) electrons. The van der Waals surface area contributed by atoms with Gasteiger partial charge in [-0.05, 0) is 37.3 Å². The molecule has 1 atom stereocenters. The molecule has 0 spiro atoms. The van der Waals surface area contributed by atoms with E-state index in [-0.39, 0.29) is 18.9 Å². The van der Waals surface area contributed by atoms with Crippen LogP contribution in [0, 0.1) is 5.92 Å². The largest absolute Gasteiger partial charge is 0.492 e. The van der Waals surface area contributed by atoms with Crippen molar-refractivity contribution in [1.82, 2.24) is 10.9 Å². The number of rotatable bonds is 5. The molecule has 0 unspecified atom stereocenters. The van der Waals surface area contributed by atoms with Gasteiger partial charge in [-0.2, -0.15) is 0 Å². The minimum absolute atomic E-state index is 0.0549. The van der Waals surface area contributed by atoms with E-state index >= 15 is 0 Å². The molecule has 0 bridgehead atoms. The van der Waals surface area contributed by atoms with Crippen LogP contribution in [0.2, 0.25) is 5.02 Å². The molecule has 0 aromatic heterocycles. The average molecular weight is 402 g/mol. The van der Waals surface area contributed by atoms with Crippen LogP contribution in [0.3, 0.4) is 0 Å². The number of hydrogen-bond donors (Lipinski definition) is 2. The van der Waals surface area contributed by atoms with Gasteiger partial charge in [-0.1, -0.05) is 29.8 Å². The Labute approximate surface area is 167 Å². The summed E-state index contributed by atoms with van der Waals surface area (Å²) in [4.78, 5) is 38.5. The number of para-hydroxylation sites is 2. The van der Waals surface area contributed by atoms with Gasteiger partial charge in [0.15, 0.2) is 0 Å². The van der Waals surface area contributed by atoms with Gasteiger partial charge in [0.1, 0.15) is 5.75 Å². The highest BCUT2D eigenvalue weighted by Crippen LogP contribution is 2.33. The lowest BCUT2D eigenvalue weighted by Crippen LogP contribution is -2.45. The second-order valence-corrected chi connectivity index (χ2v) is 6.70. The summed E-state index contributed by atoms with van der Waals surface area (Å²) in [5, 5.41) is 0.420. The van der Waals surface area contributed by atoms with Crippen molar-refractivity contribution in [3.05, 3.63) is 59.1 Å². The van der Waals surface area contributed by atoms with Crippen LogP contribution in [0.15, 0.2) is 48.5 Å². The second-order valence-electron chi connectivity index (χ2n) is 6.26. The van der Waals surface area contributed by atoms with Gasteiger partial charge in [0.05, 0.1) is 18.2 Å². The van der Waals surface area contributed by atoms with Crippen LogP contribution >= 0.6 is 11.6 Å². The van der Waals surface area contributed by atoms with Crippen molar-refractivity contribution in [2.45, 2.75) is 13.3 Å². The number of hydrogen-bond acceptors (Lipinski definition) is 4. The summed E-state index contributed by atoms with van der Waals surface area (Å²) in [6.07, 6.45) is 0.0549. The van der Waals surface area contributed by atoms with E-state index in [4.69, 9.17) is 16.3 Å². The smallest absolute Gasteiger partial charge is 0.269 e. The molecule has 1 fully saturated rings. The van der Waals surface area contributed by atoms with Crippen molar-refractivity contribution in [2.75, 3.05) is 18.1 Å². The Morgan fingerprint density at radius 3 is 2.71 bits per heavy atom. The van der Waals surface area contributed by atoms with E-state index in [1.54, 1.807) is 30.3 Å². The molecule has 1 aliphatic heterocycles. The molecule has 0 saturated carbocycles. The zero-order valence-corrected chi connectivity index (χ0v) is 16.0. The first-order valence-corrected chi connectivity index (χ1v) is 9.25. The maximum atomic E-state index is 12.4. The lowest BCUT2D eigenvalue weighted by molar-refractivity contribution is -0.126. The molecule has 28 heavy (non-hydrogen) atoms. The van der Waals surface area contributed by atoms with E-state index < -0.39 is 17.7 Å². The Hall–Kier alpha value is -3.06. The molecule has 1 aliphatic rings. The Balaban J connectivity index is 1.62. The summed E-state index contributed by atoms with van der Waals surface area (Å²) < 4.78 is 5.57. The number of halogens is 1. The van der Waals surface area contributed by atoms with Crippen molar-refractivity contribution in [3.8, 4) is 5.75 Å². The zero-order valence-electron chi connectivity index (χ0n) is 15.3. The fourth-order valence-corrected chi connectivity index (χ4v) is 3.19. The van der Waals surface area contributed by atoms with Crippen molar-refractivity contribution >= 4 is 35.0 Å². The molecule has 146 valence electrons. The van der Waals surface area contributed by atoms with Gasteiger partial charge < -0.3 is 9.64 Å². The van der Waals surface area contributed by atoms with Crippen LogP contribution in [0.4, 0.5) is 5.69 Å². The van der Waals surface area contributed by atoms with Crippen molar-refractivity contribution in [3.63, 3.8) is 0 Å². The first kappa shape index (κ1) is 19.7. The fraction of sp³-hybridized carbons (Fsp3) is 0.250. The maximum Gasteiger partial charge on any atom is 0.269 e. The van der Waals surface area contributed by atoms with Crippen LogP contribution in [-0.2, 0) is 9.59 Å². The van der Waals surface area contributed by atoms with Crippen molar-refractivity contribution < 1.29 is 19.1 Å². The molecular weight excluding hydrogens is 382 g/mol. The number of hydrazine groups is 1. The van der Waals surface area contributed by atoms with E-state index in [0.717, 1.165) is 0 Å². The van der Waals surface area contributed by atoms with Gasteiger partial charge in [0.25, 0.3) is 5.91 Å². The SMILES string of the molecule is CCOc1ccccc1N1C[C@H](C(=O)NNC(=O)c2cccc(Cl)c2)CC1=O. The fourth-order valence-electron chi connectivity index (χ4n) is 3.00. The van der Waals surface area contributed by atoms with E-state index in [9.17, 15) is 14.4 Å². The van der Waals surface area contributed by atoms with Crippen molar-refractivity contribution in [2.24, 2.45) is 5.92 Å². The van der Waals surface area contributed by atoms with Gasteiger partial charge >= 0.3 is 0 Å². The van der Waals surface area contributed by atoms with Crippen LogP contribution in [-0.4, -0.2) is 30.9 Å². The molecule has 2 aromatic rings. The Kier molecular flexibility index (Phi) is 6.16. The molecule has 7 nitrogen and oxygen atoms in total. The molecule has 2 N–H and O–H groups in total. The van der Waals surface area contributed by atoms with E-state index in [0.29, 0.717) is 28.6 Å². The zero-order chi connectivity index (χ0) is 20.1. The highest BCUT2D eigenvalue weighted by Gasteiger charge is 2.36. The summed E-state index contributed by atoms with van der Waals surface area (Å²) in [6, 6.07) is 13.6. The molecule has 8 heteroatoms. The Morgan fingerprint density at radius 1 is 1.18 bits per heavy atom. The molecule has 3 amide bonds. The van der Waals surface area contributed by atoms with Gasteiger partial charge in [-0.15, -0.1) is 0 Å². The van der Waals surface area contributed by atoms with E-state index in [1.165, 1.54) is 11.0 Å². The monoisotopic (exact) mass is 401 g/mol. The molecule has 0 aliphatic carbocycles. The highest BCUT2D eigenvalue weighted by molar-refractivity contribution is 6.31.